The van der Waals surface area contributed by atoms with Gasteiger partial charge in [-0.15, -0.1) is 0 Å². The Hall–Kier alpha value is -1.62. The van der Waals surface area contributed by atoms with Gasteiger partial charge in [0.05, 0.1) is 4.47 Å². The molecule has 1 heterocycles. The maximum Gasteiger partial charge on any atom is 0.321 e. The topological polar surface area (TPSA) is 61.0 Å². The summed E-state index contributed by atoms with van der Waals surface area (Å²) in [5.41, 5.74) is 6.25. The highest BCUT2D eigenvalue weighted by Crippen LogP contribution is 2.20. The second-order valence-electron chi connectivity index (χ2n) is 2.86. The molecule has 0 fully saturated rings. The van der Waals surface area contributed by atoms with E-state index in [1.54, 1.807) is 30.6 Å². The molecule has 0 spiro atoms. The number of nitrogens with two attached hydrogens (primary N) is 1. The van der Waals surface area contributed by atoms with E-state index in [1.165, 1.54) is 0 Å². The number of hydrogen-bond donors (Lipinski definition) is 1. The van der Waals surface area contributed by atoms with E-state index in [2.05, 4.69) is 25.9 Å². The fourth-order valence-electron chi connectivity index (χ4n) is 1.04. The second kappa shape index (κ2) is 4.27. The molecule has 76 valence electrons. The average Bonchev–Trinajstić information content (AvgIpc) is 2.22. The van der Waals surface area contributed by atoms with E-state index in [9.17, 15) is 0 Å². The van der Waals surface area contributed by atoms with Crippen molar-refractivity contribution in [2.75, 3.05) is 5.73 Å². The van der Waals surface area contributed by atoms with E-state index < -0.39 is 0 Å². The van der Waals surface area contributed by atoms with Crippen LogP contribution < -0.4 is 10.5 Å². The Labute approximate surface area is 95.2 Å². The van der Waals surface area contributed by atoms with Gasteiger partial charge in [-0.25, -0.2) is 9.97 Å². The number of benzene rings is 1. The molecule has 0 bridgehead atoms. The number of aromatic nitrogens is 2. The van der Waals surface area contributed by atoms with Crippen molar-refractivity contribution >= 4 is 21.6 Å². The van der Waals surface area contributed by atoms with Gasteiger partial charge >= 0.3 is 6.01 Å². The Balaban J connectivity index is 2.18. The predicted molar refractivity (Wildman–Crippen MR) is 60.7 cm³/mol. The quantitative estimate of drug-likeness (QED) is 0.849. The van der Waals surface area contributed by atoms with Crippen LogP contribution in [0.4, 0.5) is 5.69 Å². The number of anilines is 1. The van der Waals surface area contributed by atoms with Gasteiger partial charge in [0.15, 0.2) is 0 Å². The van der Waals surface area contributed by atoms with Gasteiger partial charge in [-0.05, 0) is 28.1 Å². The molecule has 0 saturated carbocycles. The summed E-state index contributed by atoms with van der Waals surface area (Å²) in [4.78, 5) is 7.96. The van der Waals surface area contributed by atoms with Crippen LogP contribution in [-0.4, -0.2) is 9.97 Å². The standard InChI is InChI=1S/C10H8BrN3O/c11-7-5-13-10(14-6-7)15-9-3-1-2-8(12)4-9/h1-6H,12H2. The Bertz CT molecular complexity index is 458. The van der Waals surface area contributed by atoms with Gasteiger partial charge in [-0.1, -0.05) is 6.07 Å². The van der Waals surface area contributed by atoms with Crippen molar-refractivity contribution < 1.29 is 4.74 Å². The molecule has 1 aromatic heterocycles. The Morgan fingerprint density at radius 3 is 2.60 bits per heavy atom. The van der Waals surface area contributed by atoms with Gasteiger partial charge in [0, 0.05) is 24.1 Å². The molecule has 0 aliphatic heterocycles. The lowest BCUT2D eigenvalue weighted by Crippen LogP contribution is -1.92. The van der Waals surface area contributed by atoms with Gasteiger partial charge in [0.1, 0.15) is 5.75 Å². The summed E-state index contributed by atoms with van der Waals surface area (Å²) >= 11 is 3.24. The predicted octanol–water partition coefficient (Wildman–Crippen LogP) is 2.61. The Kier molecular flexibility index (Phi) is 2.82. The van der Waals surface area contributed by atoms with Crippen LogP contribution in [0.15, 0.2) is 41.1 Å². The zero-order chi connectivity index (χ0) is 10.7. The number of nitrogens with zero attached hydrogens (tertiary/aromatic N) is 2. The minimum absolute atomic E-state index is 0.295. The Morgan fingerprint density at radius 2 is 1.93 bits per heavy atom. The zero-order valence-electron chi connectivity index (χ0n) is 7.72. The number of hydrogen-bond acceptors (Lipinski definition) is 4. The molecule has 5 heteroatoms. The number of ether oxygens (including phenoxy) is 1. The zero-order valence-corrected chi connectivity index (χ0v) is 9.31. The van der Waals surface area contributed by atoms with Gasteiger partial charge in [-0.3, -0.25) is 0 Å². The van der Waals surface area contributed by atoms with Crippen molar-refractivity contribution in [3.63, 3.8) is 0 Å². The molecule has 0 amide bonds. The lowest BCUT2D eigenvalue weighted by Gasteiger charge is -2.03. The third kappa shape index (κ3) is 2.66. The summed E-state index contributed by atoms with van der Waals surface area (Å²) in [6.45, 7) is 0. The molecule has 0 radical (unpaired) electrons. The third-order valence-electron chi connectivity index (χ3n) is 1.66. The van der Waals surface area contributed by atoms with Crippen LogP contribution in [0.25, 0.3) is 0 Å². The van der Waals surface area contributed by atoms with Crippen LogP contribution in [0.3, 0.4) is 0 Å². The summed E-state index contributed by atoms with van der Waals surface area (Å²) in [7, 11) is 0. The maximum atomic E-state index is 5.61. The molecule has 2 N–H and O–H groups in total. The van der Waals surface area contributed by atoms with Crippen molar-refractivity contribution in [3.05, 3.63) is 41.1 Å². The summed E-state index contributed by atoms with van der Waals surface area (Å²) in [6, 6.07) is 7.40. The van der Waals surface area contributed by atoms with E-state index in [0.29, 0.717) is 17.4 Å². The van der Waals surface area contributed by atoms with Crippen molar-refractivity contribution in [1.29, 1.82) is 0 Å². The van der Waals surface area contributed by atoms with Crippen molar-refractivity contribution in [3.8, 4) is 11.8 Å². The second-order valence-corrected chi connectivity index (χ2v) is 3.77. The number of rotatable bonds is 2. The largest absolute Gasteiger partial charge is 0.424 e. The van der Waals surface area contributed by atoms with Crippen molar-refractivity contribution in [2.24, 2.45) is 0 Å². The molecule has 4 nitrogen and oxygen atoms in total. The van der Waals surface area contributed by atoms with Crippen LogP contribution in [0.1, 0.15) is 0 Å². The molecule has 2 rings (SSSR count). The van der Waals surface area contributed by atoms with E-state index >= 15 is 0 Å². The molecule has 0 unspecified atom stereocenters. The Morgan fingerprint density at radius 1 is 1.20 bits per heavy atom. The van der Waals surface area contributed by atoms with Gasteiger partial charge < -0.3 is 10.5 Å². The highest BCUT2D eigenvalue weighted by atomic mass is 79.9. The fourth-order valence-corrected chi connectivity index (χ4v) is 1.24. The summed E-state index contributed by atoms with van der Waals surface area (Å²) in [6.07, 6.45) is 3.24. The van der Waals surface area contributed by atoms with Crippen LogP contribution in [-0.2, 0) is 0 Å². The smallest absolute Gasteiger partial charge is 0.321 e. The first-order valence-corrected chi connectivity index (χ1v) is 5.04. The fraction of sp³-hybridized carbons (Fsp3) is 0. The lowest BCUT2D eigenvalue weighted by molar-refractivity contribution is 0.441. The third-order valence-corrected chi connectivity index (χ3v) is 2.07. The molecule has 0 aliphatic rings. The first-order chi connectivity index (χ1) is 7.24. The van der Waals surface area contributed by atoms with Crippen LogP contribution in [0.2, 0.25) is 0 Å². The van der Waals surface area contributed by atoms with E-state index in [4.69, 9.17) is 10.5 Å². The van der Waals surface area contributed by atoms with Crippen LogP contribution in [0.5, 0.6) is 11.8 Å². The van der Waals surface area contributed by atoms with Gasteiger partial charge in [0.25, 0.3) is 0 Å². The molecule has 0 aliphatic carbocycles. The summed E-state index contributed by atoms with van der Waals surface area (Å²) in [5, 5.41) is 0. The number of nitrogen functional groups attached to an aromatic ring is 1. The first kappa shape index (κ1) is 9.92. The highest BCUT2D eigenvalue weighted by Gasteiger charge is 1.99. The number of halogens is 1. The minimum atomic E-state index is 0.295. The van der Waals surface area contributed by atoms with Crippen LogP contribution in [0, 0.1) is 0 Å². The highest BCUT2D eigenvalue weighted by molar-refractivity contribution is 9.10. The van der Waals surface area contributed by atoms with Crippen molar-refractivity contribution in [2.45, 2.75) is 0 Å². The minimum Gasteiger partial charge on any atom is -0.424 e. The van der Waals surface area contributed by atoms with Gasteiger partial charge in [0.2, 0.25) is 0 Å². The van der Waals surface area contributed by atoms with Crippen LogP contribution >= 0.6 is 15.9 Å². The molecular weight excluding hydrogens is 258 g/mol. The first-order valence-electron chi connectivity index (χ1n) is 4.25. The molecular formula is C10H8BrN3O. The summed E-state index contributed by atoms with van der Waals surface area (Å²) in [5.74, 6) is 0.623. The molecule has 2 aromatic rings. The maximum absolute atomic E-state index is 5.61. The average molecular weight is 266 g/mol. The SMILES string of the molecule is Nc1cccc(Oc2ncc(Br)cn2)c1. The lowest BCUT2D eigenvalue weighted by atomic mass is 10.3. The van der Waals surface area contributed by atoms with Gasteiger partial charge in [-0.2, -0.15) is 0 Å². The normalized spacial score (nSPS) is 9.93. The monoisotopic (exact) mass is 265 g/mol. The molecule has 1 aromatic carbocycles. The van der Waals surface area contributed by atoms with E-state index in [0.717, 1.165) is 4.47 Å². The molecule has 0 saturated heterocycles. The van der Waals surface area contributed by atoms with Crippen molar-refractivity contribution in [1.82, 2.24) is 9.97 Å². The van der Waals surface area contributed by atoms with E-state index in [1.807, 2.05) is 6.07 Å². The molecule has 15 heavy (non-hydrogen) atoms. The van der Waals surface area contributed by atoms with E-state index in [-0.39, 0.29) is 0 Å². The molecule has 0 atom stereocenters. The summed E-state index contributed by atoms with van der Waals surface area (Å²) < 4.78 is 6.20.